The maximum atomic E-state index is 13.7. The van der Waals surface area contributed by atoms with Gasteiger partial charge in [0.2, 0.25) is 0 Å². The van der Waals surface area contributed by atoms with Crippen molar-refractivity contribution >= 4 is 6.09 Å². The summed E-state index contributed by atoms with van der Waals surface area (Å²) in [4.78, 5) is 12.1. The van der Waals surface area contributed by atoms with Gasteiger partial charge in [0.15, 0.2) is 11.6 Å². The Kier molecular flexibility index (Phi) is 7.67. The second-order valence-electron chi connectivity index (χ2n) is 7.19. The van der Waals surface area contributed by atoms with Crippen LogP contribution in [0.2, 0.25) is 0 Å². The second-order valence-corrected chi connectivity index (χ2v) is 7.19. The van der Waals surface area contributed by atoms with Crippen molar-refractivity contribution in [3.8, 4) is 5.75 Å². The quantitative estimate of drug-likeness (QED) is 0.741. The molecule has 0 spiro atoms. The summed E-state index contributed by atoms with van der Waals surface area (Å²) in [7, 11) is 1.44. The first kappa shape index (κ1) is 21.2. The molecule has 1 rings (SSSR count). The van der Waals surface area contributed by atoms with E-state index in [0.29, 0.717) is 13.1 Å². The zero-order valence-corrected chi connectivity index (χ0v) is 16.2. The third-order valence-corrected chi connectivity index (χ3v) is 4.13. The van der Waals surface area contributed by atoms with Crippen LogP contribution in [0.1, 0.15) is 53.0 Å². The number of ether oxygens (including phenoxy) is 2. The summed E-state index contributed by atoms with van der Waals surface area (Å²) in [5.74, 6) is -0.155. The van der Waals surface area contributed by atoms with Crippen molar-refractivity contribution in [2.75, 3.05) is 13.7 Å². The van der Waals surface area contributed by atoms with E-state index in [1.807, 2.05) is 40.7 Å². The number of carbonyl (C=O) groups is 1. The highest BCUT2D eigenvalue weighted by Gasteiger charge is 2.30. The molecular weight excluding hydrogens is 323 g/mol. The van der Waals surface area contributed by atoms with Crippen LogP contribution in [0.25, 0.3) is 0 Å². The summed E-state index contributed by atoms with van der Waals surface area (Å²) in [5, 5.41) is 6.28. The Labute approximate surface area is 150 Å². The zero-order chi connectivity index (χ0) is 19.1. The number of benzene rings is 1. The van der Waals surface area contributed by atoms with Gasteiger partial charge in [-0.2, -0.15) is 0 Å². The fourth-order valence-corrected chi connectivity index (χ4v) is 2.51. The molecule has 1 aromatic carbocycles. The number of alkyl carbamates (subject to hydrolysis) is 1. The van der Waals surface area contributed by atoms with Gasteiger partial charge in [-0.15, -0.1) is 0 Å². The van der Waals surface area contributed by atoms with Gasteiger partial charge < -0.3 is 20.1 Å². The Bertz CT molecular complexity index is 566. The monoisotopic (exact) mass is 354 g/mol. The number of amides is 1. The second kappa shape index (κ2) is 9.04. The molecule has 1 amide bonds. The molecule has 142 valence electrons. The van der Waals surface area contributed by atoms with Gasteiger partial charge in [-0.25, -0.2) is 9.18 Å². The highest BCUT2D eigenvalue weighted by Crippen LogP contribution is 2.19. The van der Waals surface area contributed by atoms with Crippen molar-refractivity contribution in [2.45, 2.75) is 65.1 Å². The third-order valence-electron chi connectivity index (χ3n) is 4.13. The highest BCUT2D eigenvalue weighted by molar-refractivity contribution is 5.68. The molecule has 6 heteroatoms. The largest absolute Gasteiger partial charge is 0.494 e. The van der Waals surface area contributed by atoms with E-state index in [1.54, 1.807) is 6.07 Å². The maximum Gasteiger partial charge on any atom is 0.408 e. The van der Waals surface area contributed by atoms with Crippen LogP contribution in [0, 0.1) is 5.82 Å². The Hall–Kier alpha value is -1.82. The molecule has 25 heavy (non-hydrogen) atoms. The average Bonchev–Trinajstić information content (AvgIpc) is 2.52. The summed E-state index contributed by atoms with van der Waals surface area (Å²) in [6.45, 7) is 10.6. The first-order valence-corrected chi connectivity index (χ1v) is 8.69. The molecule has 0 fully saturated rings. The van der Waals surface area contributed by atoms with Crippen LogP contribution < -0.4 is 15.4 Å². The number of rotatable bonds is 8. The van der Waals surface area contributed by atoms with Crippen molar-refractivity contribution in [1.29, 1.82) is 0 Å². The number of methoxy groups -OCH3 is 1. The minimum absolute atomic E-state index is 0.229. The van der Waals surface area contributed by atoms with Gasteiger partial charge in [-0.05, 0) is 51.3 Å². The van der Waals surface area contributed by atoms with Crippen LogP contribution in [-0.2, 0) is 11.3 Å². The van der Waals surface area contributed by atoms with Gasteiger partial charge in [0.25, 0.3) is 0 Å². The van der Waals surface area contributed by atoms with E-state index in [4.69, 9.17) is 9.47 Å². The minimum Gasteiger partial charge on any atom is -0.494 e. The lowest BCUT2D eigenvalue weighted by Crippen LogP contribution is -2.55. The van der Waals surface area contributed by atoms with Crippen molar-refractivity contribution in [1.82, 2.24) is 10.6 Å². The topological polar surface area (TPSA) is 59.6 Å². The molecule has 0 aromatic heterocycles. The molecule has 0 radical (unpaired) electrons. The van der Waals surface area contributed by atoms with Crippen LogP contribution in [0.3, 0.4) is 0 Å². The molecule has 0 saturated carbocycles. The standard InChI is InChI=1S/C19H31FN2O3/c1-7-19(8-2,22-17(23)25-18(3,4)5)13-21-12-14-9-10-16(24-6)15(20)11-14/h9-11,21H,7-8,12-13H2,1-6H3,(H,22,23). The van der Waals surface area contributed by atoms with Crippen molar-refractivity contribution in [3.05, 3.63) is 29.6 Å². The smallest absolute Gasteiger partial charge is 0.408 e. The summed E-state index contributed by atoms with van der Waals surface area (Å²) in [5.41, 5.74) is -0.129. The van der Waals surface area contributed by atoms with Gasteiger partial charge >= 0.3 is 6.09 Å². The van der Waals surface area contributed by atoms with E-state index in [-0.39, 0.29) is 11.6 Å². The molecule has 0 unspecified atom stereocenters. The molecule has 0 saturated heterocycles. The van der Waals surface area contributed by atoms with Gasteiger partial charge in [-0.1, -0.05) is 19.9 Å². The molecular formula is C19H31FN2O3. The fraction of sp³-hybridized carbons (Fsp3) is 0.632. The van der Waals surface area contributed by atoms with Crippen molar-refractivity contribution in [3.63, 3.8) is 0 Å². The fourth-order valence-electron chi connectivity index (χ4n) is 2.51. The zero-order valence-electron chi connectivity index (χ0n) is 16.2. The molecule has 0 atom stereocenters. The number of hydrogen-bond acceptors (Lipinski definition) is 4. The van der Waals surface area contributed by atoms with Crippen molar-refractivity contribution in [2.24, 2.45) is 0 Å². The number of carbonyl (C=O) groups excluding carboxylic acids is 1. The summed E-state index contributed by atoms with van der Waals surface area (Å²) < 4.78 is 24.0. The molecule has 2 N–H and O–H groups in total. The van der Waals surface area contributed by atoms with E-state index in [2.05, 4.69) is 10.6 Å². The van der Waals surface area contributed by atoms with E-state index in [1.165, 1.54) is 13.2 Å². The Morgan fingerprint density at radius 3 is 2.32 bits per heavy atom. The Morgan fingerprint density at radius 2 is 1.84 bits per heavy atom. The molecule has 0 aliphatic rings. The predicted octanol–water partition coefficient (Wildman–Crippen LogP) is 4.01. The van der Waals surface area contributed by atoms with Gasteiger partial charge in [0, 0.05) is 13.1 Å². The van der Waals surface area contributed by atoms with Crippen LogP contribution >= 0.6 is 0 Å². The SMILES string of the molecule is CCC(CC)(CNCc1ccc(OC)c(F)c1)NC(=O)OC(C)(C)C. The first-order valence-electron chi connectivity index (χ1n) is 8.69. The molecule has 0 aliphatic heterocycles. The summed E-state index contributed by atoms with van der Waals surface area (Å²) in [6, 6.07) is 4.88. The van der Waals surface area contributed by atoms with Gasteiger partial charge in [0.05, 0.1) is 12.6 Å². The number of halogens is 1. The van der Waals surface area contributed by atoms with E-state index in [0.717, 1.165) is 18.4 Å². The summed E-state index contributed by atoms with van der Waals surface area (Å²) in [6.07, 6.45) is 1.09. The van der Waals surface area contributed by atoms with E-state index < -0.39 is 17.2 Å². The lowest BCUT2D eigenvalue weighted by atomic mass is 9.92. The molecule has 0 aliphatic carbocycles. The first-order chi connectivity index (χ1) is 11.6. The lowest BCUT2D eigenvalue weighted by molar-refractivity contribution is 0.0446. The highest BCUT2D eigenvalue weighted by atomic mass is 19.1. The third kappa shape index (κ3) is 6.90. The average molecular weight is 354 g/mol. The summed E-state index contributed by atoms with van der Waals surface area (Å²) >= 11 is 0. The van der Waals surface area contributed by atoms with E-state index >= 15 is 0 Å². The lowest BCUT2D eigenvalue weighted by Gasteiger charge is -2.34. The maximum absolute atomic E-state index is 13.7. The molecule has 1 aromatic rings. The Balaban J connectivity index is 2.65. The van der Waals surface area contributed by atoms with E-state index in [9.17, 15) is 9.18 Å². The van der Waals surface area contributed by atoms with Crippen LogP contribution in [-0.4, -0.2) is 30.9 Å². The van der Waals surface area contributed by atoms with Gasteiger partial charge in [0.1, 0.15) is 5.60 Å². The normalized spacial score (nSPS) is 12.0. The number of hydrogen-bond donors (Lipinski definition) is 2. The molecule has 0 bridgehead atoms. The minimum atomic E-state index is -0.536. The molecule has 5 nitrogen and oxygen atoms in total. The predicted molar refractivity (Wildman–Crippen MR) is 97.3 cm³/mol. The Morgan fingerprint density at radius 1 is 1.20 bits per heavy atom. The molecule has 0 heterocycles. The van der Waals surface area contributed by atoms with Crippen LogP contribution in [0.15, 0.2) is 18.2 Å². The van der Waals surface area contributed by atoms with Crippen LogP contribution in [0.5, 0.6) is 5.75 Å². The van der Waals surface area contributed by atoms with Gasteiger partial charge in [-0.3, -0.25) is 0 Å². The number of nitrogens with one attached hydrogen (secondary N) is 2. The van der Waals surface area contributed by atoms with Crippen molar-refractivity contribution < 1.29 is 18.7 Å². The van der Waals surface area contributed by atoms with Crippen LogP contribution in [0.4, 0.5) is 9.18 Å².